The molecule has 0 amide bonds. The predicted molar refractivity (Wildman–Crippen MR) is 342 cm³/mol. The van der Waals surface area contributed by atoms with Crippen molar-refractivity contribution in [3.8, 4) is 0 Å². The summed E-state index contributed by atoms with van der Waals surface area (Å²) in [5, 5.41) is 13.7. The zero-order valence-corrected chi connectivity index (χ0v) is 52.5. The third kappa shape index (κ3) is 15.5. The number of nitrogens with zero attached hydrogens (tertiary/aromatic N) is 8. The molecule has 20 nitrogen and oxygen atoms in total. The van der Waals surface area contributed by atoms with Crippen LogP contribution in [0.4, 0.5) is 11.6 Å². The number of aryl methyl sites for hydroxylation is 3. The molecule has 0 radical (unpaired) electrons. The number of carbonyl (C=O) groups is 1. The first-order valence-corrected chi connectivity index (χ1v) is 32.0. The van der Waals surface area contributed by atoms with Crippen molar-refractivity contribution in [1.29, 1.82) is 0 Å². The summed E-state index contributed by atoms with van der Waals surface area (Å²) in [6, 6.07) is 36.2. The van der Waals surface area contributed by atoms with Crippen LogP contribution in [-0.4, -0.2) is 95.8 Å². The van der Waals surface area contributed by atoms with Gasteiger partial charge in [0.25, 0.3) is 0 Å². The molecule has 0 aliphatic rings. The van der Waals surface area contributed by atoms with Gasteiger partial charge in [-0.25, -0.2) is 40.2 Å². The SMILES string of the molecule is CCN(Cc1ccccc1C)S(=O)(=O)c1ccc2c(Cl)cnc(Cl)c2c1.CCN(Cc1ccccc1C)S(=O)(=O)c1ccc2c(Cl)cnc(N=C(N)N)c2c1.Cc1ccccc1CN(CC(=O)O)S(=O)(=O)c1ccc2c(Cl)cnc(N=C(N)N)c2c1. The Morgan fingerprint density at radius 2 is 0.779 bits per heavy atom. The number of pyridine rings is 3. The molecule has 27 heteroatoms. The molecule has 0 aliphatic heterocycles. The smallest absolute Gasteiger partial charge is 0.318 e. The van der Waals surface area contributed by atoms with Crippen LogP contribution >= 0.6 is 46.4 Å². The molecule has 0 spiro atoms. The van der Waals surface area contributed by atoms with Crippen LogP contribution < -0.4 is 22.9 Å². The fraction of sp³-hybridized carbons (Fsp3) is 0.186. The van der Waals surface area contributed by atoms with Gasteiger partial charge < -0.3 is 28.0 Å². The number of aromatic nitrogens is 3. The molecule has 9 aromatic rings. The topological polar surface area (TPSA) is 317 Å². The Labute approximate surface area is 518 Å². The lowest BCUT2D eigenvalue weighted by atomic mass is 10.1. The molecular weight excluding hydrogens is 1240 g/mol. The molecule has 86 heavy (non-hydrogen) atoms. The van der Waals surface area contributed by atoms with Crippen LogP contribution in [0.2, 0.25) is 20.2 Å². The van der Waals surface area contributed by atoms with Gasteiger partial charge in [0.05, 0.1) is 29.8 Å². The number of carboxylic acid groups (broad SMARTS) is 1. The number of hydrogen-bond donors (Lipinski definition) is 5. The predicted octanol–water partition coefficient (Wildman–Crippen LogP) is 10.8. The largest absolute Gasteiger partial charge is 0.480 e. The zero-order chi connectivity index (χ0) is 62.8. The van der Waals surface area contributed by atoms with Gasteiger partial charge in [-0.15, -0.1) is 0 Å². The summed E-state index contributed by atoms with van der Waals surface area (Å²) in [7, 11) is -11.6. The molecular formula is C59H60Cl4N12O8S3. The quantitative estimate of drug-likeness (QED) is 0.0303. The minimum absolute atomic E-state index is 0.0974. The lowest BCUT2D eigenvalue weighted by molar-refractivity contribution is -0.137. The first kappa shape index (κ1) is 66.0. The summed E-state index contributed by atoms with van der Waals surface area (Å²) >= 11 is 24.7. The molecule has 3 heterocycles. The average Bonchev–Trinajstić information content (AvgIpc) is 1.13. The van der Waals surface area contributed by atoms with Crippen LogP contribution in [0.15, 0.2) is 171 Å². The Kier molecular flexibility index (Phi) is 21.7. The zero-order valence-electron chi connectivity index (χ0n) is 47.0. The summed E-state index contributed by atoms with van der Waals surface area (Å²) in [5.74, 6) is -1.40. The number of aliphatic carboxylic acids is 1. The van der Waals surface area contributed by atoms with Crippen LogP contribution in [0.25, 0.3) is 32.3 Å². The van der Waals surface area contributed by atoms with Gasteiger partial charge in [0.2, 0.25) is 30.1 Å². The second kappa shape index (κ2) is 28.3. The third-order valence-corrected chi connectivity index (χ3v) is 20.4. The molecule has 0 unspecified atom stereocenters. The Hall–Kier alpha value is -7.55. The van der Waals surface area contributed by atoms with Crippen LogP contribution in [0.5, 0.6) is 0 Å². The fourth-order valence-corrected chi connectivity index (χ4v) is 14.0. The first-order valence-electron chi connectivity index (χ1n) is 26.1. The molecule has 6 aromatic carbocycles. The van der Waals surface area contributed by atoms with Crippen molar-refractivity contribution in [2.75, 3.05) is 19.6 Å². The Bertz CT molecular complexity index is 4440. The Balaban J connectivity index is 0.000000185. The van der Waals surface area contributed by atoms with E-state index in [-0.39, 0.29) is 61.5 Å². The van der Waals surface area contributed by atoms with E-state index in [1.807, 2.05) is 88.4 Å². The number of halogens is 4. The van der Waals surface area contributed by atoms with Crippen molar-refractivity contribution in [3.05, 3.63) is 200 Å². The molecule has 0 aliphatic carbocycles. The standard InChI is InChI=1S/C20H20ClN5O4S.C20H22ClN5O2S.C19H18Cl2N2O2S/c1-12-4-2-3-5-13(12)10-26(11-18(27)28)31(29,30)14-6-7-15-16(8-14)19(25-20(22)23)24-9-17(15)21;1-3-26(12-14-7-5-4-6-13(14)2)29(27,28)15-8-9-16-17(10-15)19(25-20(22)23)24-11-18(16)21;1-3-23(12-14-7-5-4-6-13(14)2)26(24,25)15-8-9-16-17(10-15)19(21)22-11-18(16)20/h2-9H,10-11H2,1H3,(H,27,28)(H4,22,23,24,25);4-11H,3,12H2,1-2H3,(H4,22,23,24,25);4-11H,3,12H2,1-2H3. The number of sulfonamides is 3. The van der Waals surface area contributed by atoms with Crippen LogP contribution in [0.1, 0.15) is 47.2 Å². The monoisotopic (exact) mass is 1300 g/mol. The first-order chi connectivity index (χ1) is 40.7. The van der Waals surface area contributed by atoms with Crippen LogP contribution in [-0.2, 0) is 54.5 Å². The van der Waals surface area contributed by atoms with E-state index in [0.29, 0.717) is 67.6 Å². The van der Waals surface area contributed by atoms with Gasteiger partial charge in [0, 0.05) is 83.6 Å². The molecule has 0 saturated heterocycles. The maximum absolute atomic E-state index is 13.4. The van der Waals surface area contributed by atoms with E-state index in [0.717, 1.165) is 32.1 Å². The second-order valence-corrected chi connectivity index (χ2v) is 26.7. The normalized spacial score (nSPS) is 11.8. The molecule has 0 fully saturated rings. The van der Waals surface area contributed by atoms with Gasteiger partial charge in [-0.2, -0.15) is 22.9 Å². The maximum atomic E-state index is 13.4. The lowest BCUT2D eigenvalue weighted by Crippen LogP contribution is -2.35. The van der Waals surface area contributed by atoms with E-state index >= 15 is 0 Å². The number of hydrogen-bond acceptors (Lipinski definition) is 12. The van der Waals surface area contributed by atoms with E-state index < -0.39 is 42.6 Å². The highest BCUT2D eigenvalue weighted by Crippen LogP contribution is 2.36. The van der Waals surface area contributed by atoms with E-state index in [4.69, 9.17) is 69.3 Å². The summed E-state index contributed by atoms with van der Waals surface area (Å²) in [6.45, 7) is 9.84. The van der Waals surface area contributed by atoms with Crippen molar-refractivity contribution >= 4 is 138 Å². The van der Waals surface area contributed by atoms with Gasteiger partial charge in [-0.3, -0.25) is 4.79 Å². The van der Waals surface area contributed by atoms with E-state index in [1.165, 1.54) is 63.6 Å². The highest BCUT2D eigenvalue weighted by atomic mass is 35.5. The second-order valence-electron chi connectivity index (χ2n) is 19.3. The summed E-state index contributed by atoms with van der Waals surface area (Å²) in [6.07, 6.45) is 4.24. The van der Waals surface area contributed by atoms with Crippen molar-refractivity contribution in [2.24, 2.45) is 32.9 Å². The van der Waals surface area contributed by atoms with Gasteiger partial charge >= 0.3 is 5.97 Å². The fourth-order valence-electron chi connectivity index (χ4n) is 8.90. The Morgan fingerprint density at radius 3 is 1.12 bits per heavy atom. The number of nitrogens with two attached hydrogens (primary N) is 4. The molecule has 9 rings (SSSR count). The third-order valence-electron chi connectivity index (χ3n) is 13.6. The lowest BCUT2D eigenvalue weighted by Gasteiger charge is -2.22. The average molecular weight is 1300 g/mol. The highest BCUT2D eigenvalue weighted by Gasteiger charge is 2.30. The van der Waals surface area contributed by atoms with Crippen LogP contribution in [0.3, 0.4) is 0 Å². The van der Waals surface area contributed by atoms with E-state index in [2.05, 4.69) is 24.9 Å². The summed E-state index contributed by atoms with van der Waals surface area (Å²) in [5.41, 5.74) is 27.4. The van der Waals surface area contributed by atoms with Crippen molar-refractivity contribution < 1.29 is 35.2 Å². The van der Waals surface area contributed by atoms with Crippen molar-refractivity contribution in [1.82, 2.24) is 27.9 Å². The number of guanidine groups is 2. The number of rotatable bonds is 18. The maximum Gasteiger partial charge on any atom is 0.318 e. The van der Waals surface area contributed by atoms with Gasteiger partial charge in [0.15, 0.2) is 23.6 Å². The molecule has 0 bridgehead atoms. The number of fused-ring (bicyclic) bond motifs is 3. The van der Waals surface area contributed by atoms with E-state index in [1.54, 1.807) is 37.3 Å². The molecule has 0 atom stereocenters. The minimum Gasteiger partial charge on any atom is -0.480 e. The van der Waals surface area contributed by atoms with Gasteiger partial charge in [0.1, 0.15) is 11.7 Å². The van der Waals surface area contributed by atoms with Crippen LogP contribution in [0, 0.1) is 20.8 Å². The summed E-state index contributed by atoms with van der Waals surface area (Å²) in [4.78, 5) is 31.7. The number of carboxylic acids is 1. The number of benzene rings is 6. The van der Waals surface area contributed by atoms with Crippen molar-refractivity contribution in [3.63, 3.8) is 0 Å². The van der Waals surface area contributed by atoms with E-state index in [9.17, 15) is 35.2 Å². The number of aliphatic imine (C=N–C) groups is 2. The molecule has 9 N–H and O–H groups in total. The highest BCUT2D eigenvalue weighted by molar-refractivity contribution is 7.89. The van der Waals surface area contributed by atoms with Gasteiger partial charge in [-0.05, 0) is 90.6 Å². The minimum atomic E-state index is -4.19. The summed E-state index contributed by atoms with van der Waals surface area (Å²) < 4.78 is 83.5. The molecule has 450 valence electrons. The Morgan fingerprint density at radius 1 is 0.465 bits per heavy atom. The molecule has 3 aromatic heterocycles. The van der Waals surface area contributed by atoms with Crippen molar-refractivity contribution in [2.45, 2.75) is 68.9 Å². The van der Waals surface area contributed by atoms with Gasteiger partial charge in [-0.1, -0.05) is 151 Å². The molecule has 0 saturated carbocycles.